The number of nitriles is 2. The van der Waals surface area contributed by atoms with E-state index < -0.39 is 50.1 Å². The van der Waals surface area contributed by atoms with Crippen LogP contribution in [0, 0.1) is 28.5 Å². The maximum absolute atomic E-state index is 13.4. The predicted octanol–water partition coefficient (Wildman–Crippen LogP) is 2.39. The van der Waals surface area contributed by atoms with E-state index in [9.17, 15) is 36.0 Å². The molecule has 0 aliphatic rings. The van der Waals surface area contributed by atoms with Gasteiger partial charge in [0.05, 0.1) is 5.56 Å². The van der Waals surface area contributed by atoms with Gasteiger partial charge in [0, 0.05) is 18.9 Å². The van der Waals surface area contributed by atoms with Crippen LogP contribution in [0.2, 0.25) is 0 Å². The van der Waals surface area contributed by atoms with Crippen LogP contribution in [0.25, 0.3) is 0 Å². The minimum Gasteiger partial charge on any atom is -0.344 e. The number of halogens is 4. The molecule has 0 saturated carbocycles. The number of sulfonamides is 1. The van der Waals surface area contributed by atoms with Crippen molar-refractivity contribution >= 4 is 21.6 Å². The van der Waals surface area contributed by atoms with Crippen molar-refractivity contribution in [2.24, 2.45) is 7.05 Å². The minimum atomic E-state index is -4.87. The molecule has 2 rings (SSSR count). The Labute approximate surface area is 168 Å². The van der Waals surface area contributed by atoms with E-state index in [0.717, 1.165) is 29.0 Å². The molecule has 0 spiro atoms. The van der Waals surface area contributed by atoms with Gasteiger partial charge in [-0.05, 0) is 25.1 Å². The highest BCUT2D eigenvalue weighted by Gasteiger charge is 2.40. The van der Waals surface area contributed by atoms with Crippen LogP contribution in [-0.2, 0) is 17.1 Å². The van der Waals surface area contributed by atoms with E-state index >= 15 is 0 Å². The Morgan fingerprint density at radius 3 is 2.40 bits per heavy atom. The van der Waals surface area contributed by atoms with Crippen molar-refractivity contribution in [2.45, 2.75) is 24.0 Å². The number of amides is 1. The second-order valence-corrected chi connectivity index (χ2v) is 7.77. The zero-order chi connectivity index (χ0) is 22.9. The van der Waals surface area contributed by atoms with Crippen LogP contribution in [0.3, 0.4) is 0 Å². The summed E-state index contributed by atoms with van der Waals surface area (Å²) < 4.78 is 78.6. The molecule has 0 aliphatic heterocycles. The highest BCUT2D eigenvalue weighted by Crippen LogP contribution is 2.26. The summed E-state index contributed by atoms with van der Waals surface area (Å²) in [4.78, 5) is 11.8. The third-order valence-corrected chi connectivity index (χ3v) is 5.48. The van der Waals surface area contributed by atoms with Crippen LogP contribution >= 0.6 is 0 Å². The van der Waals surface area contributed by atoms with E-state index in [1.165, 1.54) is 17.8 Å². The first-order valence-corrected chi connectivity index (χ1v) is 9.49. The highest BCUT2D eigenvalue weighted by atomic mass is 32.2. The van der Waals surface area contributed by atoms with Gasteiger partial charge in [0.2, 0.25) is 10.0 Å². The largest absolute Gasteiger partial charge is 0.404 e. The first kappa shape index (κ1) is 22.9. The Kier molecular flexibility index (Phi) is 6.20. The Hall–Kier alpha value is -3.42. The summed E-state index contributed by atoms with van der Waals surface area (Å²) >= 11 is 0. The van der Waals surface area contributed by atoms with Gasteiger partial charge >= 0.3 is 6.18 Å². The van der Waals surface area contributed by atoms with Crippen molar-refractivity contribution in [3.8, 4) is 12.1 Å². The number of hydrogen-bond acceptors (Lipinski definition) is 5. The molecule has 0 aliphatic carbocycles. The van der Waals surface area contributed by atoms with Gasteiger partial charge in [-0.25, -0.2) is 12.8 Å². The summed E-state index contributed by atoms with van der Waals surface area (Å²) in [6, 6.07) is 3.72. The minimum absolute atomic E-state index is 0.0173. The standard InChI is InChI=1S/C17H13F4N5O3S/c1-9(17(19,20)21)25-30(28,29)14-8-26(2)15(12(14)7-23)16(27)24-11-3-4-13(18)10(5-11)6-22/h3-5,8-9,25H,1-2H3,(H,24,27). The number of hydrogen-bond donors (Lipinski definition) is 2. The maximum atomic E-state index is 13.4. The van der Waals surface area contributed by atoms with E-state index in [1.54, 1.807) is 6.07 Å². The SMILES string of the molecule is CC(NS(=O)(=O)c1cn(C)c(C(=O)Nc2ccc(F)c(C#N)c2)c1C#N)C(F)(F)F. The number of nitrogens with zero attached hydrogens (tertiary/aromatic N) is 3. The molecular formula is C17H13F4N5O3S. The molecule has 1 unspecified atom stereocenters. The van der Waals surface area contributed by atoms with Crippen LogP contribution < -0.4 is 10.0 Å². The molecule has 1 aromatic heterocycles. The summed E-state index contributed by atoms with van der Waals surface area (Å²) in [5.41, 5.74) is -1.52. The number of aromatic nitrogens is 1. The van der Waals surface area contributed by atoms with Crippen molar-refractivity contribution in [3.63, 3.8) is 0 Å². The number of carbonyl (C=O) groups excluding carboxylic acids is 1. The van der Waals surface area contributed by atoms with Gasteiger partial charge in [-0.1, -0.05) is 0 Å². The Balaban J connectivity index is 2.44. The first-order valence-electron chi connectivity index (χ1n) is 8.01. The number of nitrogens with one attached hydrogen (secondary N) is 2. The molecule has 0 bridgehead atoms. The van der Waals surface area contributed by atoms with Crippen LogP contribution in [0.5, 0.6) is 0 Å². The van der Waals surface area contributed by atoms with Crippen LogP contribution in [-0.4, -0.2) is 31.1 Å². The van der Waals surface area contributed by atoms with Crippen molar-refractivity contribution < 1.29 is 30.8 Å². The molecule has 1 aromatic carbocycles. The number of alkyl halides is 3. The molecule has 0 fully saturated rings. The number of aryl methyl sites for hydroxylation is 1. The third-order valence-electron chi connectivity index (χ3n) is 3.93. The lowest BCUT2D eigenvalue weighted by Gasteiger charge is -2.16. The van der Waals surface area contributed by atoms with E-state index in [1.807, 2.05) is 0 Å². The van der Waals surface area contributed by atoms with E-state index in [2.05, 4.69) is 5.32 Å². The van der Waals surface area contributed by atoms with Gasteiger partial charge in [-0.15, -0.1) is 0 Å². The summed E-state index contributed by atoms with van der Waals surface area (Å²) in [6.45, 7) is 0.585. The molecule has 1 heterocycles. The normalized spacial score (nSPS) is 12.7. The Morgan fingerprint density at radius 2 is 1.87 bits per heavy atom. The fourth-order valence-electron chi connectivity index (χ4n) is 2.43. The van der Waals surface area contributed by atoms with Crippen molar-refractivity contribution in [3.05, 3.63) is 47.0 Å². The molecule has 0 radical (unpaired) electrons. The number of benzene rings is 1. The highest BCUT2D eigenvalue weighted by molar-refractivity contribution is 7.89. The Morgan fingerprint density at radius 1 is 1.23 bits per heavy atom. The lowest BCUT2D eigenvalue weighted by Crippen LogP contribution is -2.43. The van der Waals surface area contributed by atoms with Gasteiger partial charge in [0.15, 0.2) is 0 Å². The number of anilines is 1. The van der Waals surface area contributed by atoms with Crippen LogP contribution in [0.4, 0.5) is 23.2 Å². The lowest BCUT2D eigenvalue weighted by molar-refractivity contribution is -0.147. The quantitative estimate of drug-likeness (QED) is 0.686. The number of rotatable bonds is 5. The average molecular weight is 443 g/mol. The van der Waals surface area contributed by atoms with E-state index in [0.29, 0.717) is 6.92 Å². The molecular weight excluding hydrogens is 430 g/mol. The summed E-state index contributed by atoms with van der Waals surface area (Å²) in [6.07, 6.45) is -4.04. The summed E-state index contributed by atoms with van der Waals surface area (Å²) in [5.74, 6) is -1.82. The molecule has 158 valence electrons. The molecule has 2 aromatic rings. The topological polar surface area (TPSA) is 128 Å². The second-order valence-electron chi connectivity index (χ2n) is 6.08. The average Bonchev–Trinajstić information content (AvgIpc) is 2.99. The van der Waals surface area contributed by atoms with Crippen LogP contribution in [0.15, 0.2) is 29.3 Å². The first-order chi connectivity index (χ1) is 13.8. The molecule has 8 nitrogen and oxygen atoms in total. The van der Waals surface area contributed by atoms with Gasteiger partial charge < -0.3 is 9.88 Å². The molecule has 13 heteroatoms. The van der Waals surface area contributed by atoms with Gasteiger partial charge in [0.25, 0.3) is 5.91 Å². The summed E-state index contributed by atoms with van der Waals surface area (Å²) in [5, 5.41) is 20.5. The zero-order valence-electron chi connectivity index (χ0n) is 15.4. The van der Waals surface area contributed by atoms with Crippen LogP contribution in [0.1, 0.15) is 28.5 Å². The third kappa shape index (κ3) is 4.59. The van der Waals surface area contributed by atoms with Gasteiger partial charge in [-0.3, -0.25) is 4.79 Å². The van der Waals surface area contributed by atoms with Gasteiger partial charge in [0.1, 0.15) is 40.2 Å². The second kappa shape index (κ2) is 8.14. The van der Waals surface area contributed by atoms with E-state index in [4.69, 9.17) is 5.26 Å². The fourth-order valence-corrected chi connectivity index (χ4v) is 3.86. The Bertz CT molecular complexity index is 1190. The summed E-state index contributed by atoms with van der Waals surface area (Å²) in [7, 11) is -3.58. The monoisotopic (exact) mass is 443 g/mol. The van der Waals surface area contributed by atoms with Gasteiger partial charge in [-0.2, -0.15) is 28.4 Å². The fraction of sp³-hybridized carbons (Fsp3) is 0.235. The van der Waals surface area contributed by atoms with E-state index in [-0.39, 0.29) is 11.3 Å². The number of carbonyl (C=O) groups is 1. The zero-order valence-corrected chi connectivity index (χ0v) is 16.2. The van der Waals surface area contributed by atoms with Crippen molar-refractivity contribution in [2.75, 3.05) is 5.32 Å². The lowest BCUT2D eigenvalue weighted by atomic mass is 10.2. The maximum Gasteiger partial charge on any atom is 0.404 e. The molecule has 1 atom stereocenters. The smallest absolute Gasteiger partial charge is 0.344 e. The predicted molar refractivity (Wildman–Crippen MR) is 95.0 cm³/mol. The molecule has 0 saturated heterocycles. The molecule has 2 N–H and O–H groups in total. The van der Waals surface area contributed by atoms with Crippen molar-refractivity contribution in [1.82, 2.24) is 9.29 Å². The molecule has 30 heavy (non-hydrogen) atoms. The molecule has 1 amide bonds. The van der Waals surface area contributed by atoms with Crippen molar-refractivity contribution in [1.29, 1.82) is 10.5 Å².